The highest BCUT2D eigenvalue weighted by molar-refractivity contribution is 5.96. The average Bonchev–Trinajstić information content (AvgIpc) is 3.49. The Hall–Kier alpha value is -4.92. The van der Waals surface area contributed by atoms with E-state index in [1.165, 1.54) is 0 Å². The highest BCUT2D eigenvalue weighted by atomic mass is 16.7. The minimum atomic E-state index is -0.191. The molecule has 0 N–H and O–H groups in total. The van der Waals surface area contributed by atoms with Crippen LogP contribution < -0.4 is 14.4 Å². The van der Waals surface area contributed by atoms with Crippen LogP contribution in [0.3, 0.4) is 0 Å². The van der Waals surface area contributed by atoms with E-state index in [1.54, 1.807) is 17.0 Å². The molecule has 9 heteroatoms. The number of carbonyl (C=O) groups is 2. The summed E-state index contributed by atoms with van der Waals surface area (Å²) in [4.78, 5) is 32.6. The minimum Gasteiger partial charge on any atom is -0.454 e. The third-order valence-corrected chi connectivity index (χ3v) is 7.40. The lowest BCUT2D eigenvalue weighted by Crippen LogP contribution is -2.52. The molecule has 0 bridgehead atoms. The molecule has 0 aliphatic carbocycles. The summed E-state index contributed by atoms with van der Waals surface area (Å²) in [5.74, 6) is 1.83. The van der Waals surface area contributed by atoms with Crippen LogP contribution in [0.2, 0.25) is 0 Å². The Bertz CT molecular complexity index is 1520. The largest absolute Gasteiger partial charge is 0.454 e. The van der Waals surface area contributed by atoms with Gasteiger partial charge in [-0.05, 0) is 48.9 Å². The van der Waals surface area contributed by atoms with Crippen LogP contribution in [0.5, 0.6) is 11.5 Å². The average molecular weight is 550 g/mol. The van der Waals surface area contributed by atoms with Gasteiger partial charge in [0.2, 0.25) is 12.7 Å². The lowest BCUT2D eigenvalue weighted by atomic mass is 10.1. The molecule has 208 valence electrons. The lowest BCUT2D eigenvalue weighted by Gasteiger charge is -2.36. The fraction of sp³-hybridized carbons (Fsp3) is 0.250. The van der Waals surface area contributed by atoms with Gasteiger partial charge in [-0.25, -0.2) is 0 Å². The van der Waals surface area contributed by atoms with Gasteiger partial charge in [0.05, 0.1) is 5.69 Å². The van der Waals surface area contributed by atoms with Gasteiger partial charge < -0.3 is 24.2 Å². The van der Waals surface area contributed by atoms with Gasteiger partial charge in [-0.2, -0.15) is 0 Å². The summed E-state index contributed by atoms with van der Waals surface area (Å²) in [6, 6.07) is 26.9. The maximum Gasteiger partial charge on any atom is 0.254 e. The molecular weight excluding hydrogens is 518 g/mol. The van der Waals surface area contributed by atoms with E-state index in [2.05, 4.69) is 15.1 Å². The van der Waals surface area contributed by atoms with Crippen molar-refractivity contribution in [3.05, 3.63) is 102 Å². The molecule has 0 saturated carbocycles. The second-order valence-corrected chi connectivity index (χ2v) is 10.2. The number of carbonyl (C=O) groups excluding carboxylic acids is 2. The number of amides is 2. The summed E-state index contributed by atoms with van der Waals surface area (Å²) < 4.78 is 10.9. The number of aromatic nitrogens is 2. The zero-order valence-electron chi connectivity index (χ0n) is 22.9. The number of piperazine rings is 1. The first kappa shape index (κ1) is 26.3. The van der Waals surface area contributed by atoms with Gasteiger partial charge in [-0.3, -0.25) is 9.59 Å². The Labute approximate surface area is 238 Å². The summed E-state index contributed by atoms with van der Waals surface area (Å²) in [6.45, 7) is 4.77. The van der Waals surface area contributed by atoms with Gasteiger partial charge in [-0.15, -0.1) is 10.2 Å². The van der Waals surface area contributed by atoms with Crippen LogP contribution in [0.1, 0.15) is 21.5 Å². The molecule has 4 aromatic rings. The molecule has 0 radical (unpaired) electrons. The van der Waals surface area contributed by atoms with Crippen LogP contribution in [0.4, 0.5) is 5.82 Å². The van der Waals surface area contributed by atoms with Crippen molar-refractivity contribution >= 4 is 17.6 Å². The fourth-order valence-electron chi connectivity index (χ4n) is 5.04. The predicted molar refractivity (Wildman–Crippen MR) is 155 cm³/mol. The van der Waals surface area contributed by atoms with E-state index in [0.29, 0.717) is 43.2 Å². The van der Waals surface area contributed by atoms with Crippen molar-refractivity contribution in [2.45, 2.75) is 13.5 Å². The van der Waals surface area contributed by atoms with E-state index in [9.17, 15) is 9.59 Å². The summed E-state index contributed by atoms with van der Waals surface area (Å²) >= 11 is 0. The molecule has 0 spiro atoms. The molecule has 2 aliphatic heterocycles. The van der Waals surface area contributed by atoms with Crippen molar-refractivity contribution in [2.24, 2.45) is 0 Å². The maximum absolute atomic E-state index is 13.6. The SMILES string of the molecule is Cc1ccc(C(=O)N(CC(=O)N2CCN(c3ccc(-c4ccccc4)nn3)CC2)Cc2ccc3c(c2)OCO3)cc1. The molecule has 2 amide bonds. The molecule has 3 aromatic carbocycles. The first-order chi connectivity index (χ1) is 20.0. The van der Waals surface area contributed by atoms with Gasteiger partial charge in [-0.1, -0.05) is 54.1 Å². The van der Waals surface area contributed by atoms with Crippen LogP contribution >= 0.6 is 0 Å². The standard InChI is InChI=1S/C32H31N5O4/c1-23-7-10-26(11-8-23)32(39)37(20-24-9-13-28-29(19-24)41-22-40-28)21-31(38)36-17-15-35(16-18-36)30-14-12-27(33-34-30)25-5-3-2-4-6-25/h2-14,19H,15-18,20-22H2,1H3. The lowest BCUT2D eigenvalue weighted by molar-refractivity contribution is -0.132. The van der Waals surface area contributed by atoms with Crippen molar-refractivity contribution in [2.75, 3.05) is 44.4 Å². The Balaban J connectivity index is 1.11. The zero-order chi connectivity index (χ0) is 28.2. The number of rotatable bonds is 7. The second-order valence-electron chi connectivity index (χ2n) is 10.2. The number of nitrogens with zero attached hydrogens (tertiary/aromatic N) is 5. The van der Waals surface area contributed by atoms with Crippen molar-refractivity contribution < 1.29 is 19.1 Å². The zero-order valence-corrected chi connectivity index (χ0v) is 22.9. The molecular formula is C32H31N5O4. The van der Waals surface area contributed by atoms with Gasteiger partial charge in [0, 0.05) is 43.9 Å². The molecule has 1 aromatic heterocycles. The summed E-state index contributed by atoms with van der Waals surface area (Å²) in [5, 5.41) is 8.83. The molecule has 1 saturated heterocycles. The highest BCUT2D eigenvalue weighted by Crippen LogP contribution is 2.33. The number of hydrogen-bond donors (Lipinski definition) is 0. The molecule has 2 aliphatic rings. The summed E-state index contributed by atoms with van der Waals surface area (Å²) in [5.41, 5.74) is 4.32. The van der Waals surface area contributed by atoms with E-state index < -0.39 is 0 Å². The highest BCUT2D eigenvalue weighted by Gasteiger charge is 2.27. The quantitative estimate of drug-likeness (QED) is 0.342. The first-order valence-electron chi connectivity index (χ1n) is 13.7. The smallest absolute Gasteiger partial charge is 0.254 e. The van der Waals surface area contributed by atoms with Crippen LogP contribution in [0, 0.1) is 6.92 Å². The summed E-state index contributed by atoms with van der Waals surface area (Å²) in [6.07, 6.45) is 0. The molecule has 0 unspecified atom stereocenters. The first-order valence-corrected chi connectivity index (χ1v) is 13.7. The van der Waals surface area contributed by atoms with Crippen molar-refractivity contribution in [1.29, 1.82) is 0 Å². The number of hydrogen-bond acceptors (Lipinski definition) is 7. The van der Waals surface area contributed by atoms with Crippen LogP contribution in [0.15, 0.2) is 84.9 Å². The Morgan fingerprint density at radius 3 is 2.32 bits per heavy atom. The van der Waals surface area contributed by atoms with Gasteiger partial charge in [0.15, 0.2) is 17.3 Å². The van der Waals surface area contributed by atoms with Crippen molar-refractivity contribution in [3.63, 3.8) is 0 Å². The van der Waals surface area contributed by atoms with Gasteiger partial charge in [0.1, 0.15) is 6.54 Å². The minimum absolute atomic E-state index is 0.0211. The topological polar surface area (TPSA) is 88.1 Å². The predicted octanol–water partition coefficient (Wildman–Crippen LogP) is 4.17. The number of aryl methyl sites for hydroxylation is 1. The Kier molecular flexibility index (Phi) is 7.49. The van der Waals surface area contributed by atoms with Gasteiger partial charge in [0.25, 0.3) is 5.91 Å². The van der Waals surface area contributed by atoms with Crippen LogP contribution in [0.25, 0.3) is 11.3 Å². The molecule has 3 heterocycles. The van der Waals surface area contributed by atoms with E-state index in [1.807, 2.05) is 84.6 Å². The monoisotopic (exact) mass is 549 g/mol. The van der Waals surface area contributed by atoms with E-state index in [0.717, 1.165) is 28.2 Å². The van der Waals surface area contributed by atoms with Crippen molar-refractivity contribution in [1.82, 2.24) is 20.0 Å². The molecule has 1 fully saturated rings. The third kappa shape index (κ3) is 5.99. The number of anilines is 1. The Morgan fingerprint density at radius 1 is 0.829 bits per heavy atom. The molecule has 41 heavy (non-hydrogen) atoms. The molecule has 0 atom stereocenters. The maximum atomic E-state index is 13.6. The van der Waals surface area contributed by atoms with Crippen LogP contribution in [-0.2, 0) is 11.3 Å². The van der Waals surface area contributed by atoms with E-state index >= 15 is 0 Å². The van der Waals surface area contributed by atoms with Crippen molar-refractivity contribution in [3.8, 4) is 22.8 Å². The normalized spacial score (nSPS) is 14.2. The van der Waals surface area contributed by atoms with Gasteiger partial charge >= 0.3 is 0 Å². The third-order valence-electron chi connectivity index (χ3n) is 7.40. The number of fused-ring (bicyclic) bond motifs is 1. The van der Waals surface area contributed by atoms with Crippen LogP contribution in [-0.4, -0.2) is 71.3 Å². The Morgan fingerprint density at radius 2 is 1.59 bits per heavy atom. The second kappa shape index (κ2) is 11.7. The molecule has 6 rings (SSSR count). The summed E-state index contributed by atoms with van der Waals surface area (Å²) in [7, 11) is 0. The number of ether oxygens (including phenoxy) is 2. The number of benzene rings is 3. The molecule has 9 nitrogen and oxygen atoms in total. The fourth-order valence-corrected chi connectivity index (χ4v) is 5.04. The van der Waals surface area contributed by atoms with E-state index in [4.69, 9.17) is 9.47 Å². The van der Waals surface area contributed by atoms with E-state index in [-0.39, 0.29) is 31.7 Å².